The molecule has 0 bridgehead atoms. The maximum atomic E-state index is 11.6. The monoisotopic (exact) mass is 262 g/mol. The van der Waals surface area contributed by atoms with Gasteiger partial charge in [-0.25, -0.2) is 9.59 Å². The lowest BCUT2D eigenvalue weighted by Crippen LogP contribution is -2.50. The summed E-state index contributed by atoms with van der Waals surface area (Å²) in [6.45, 7) is 2.69. The number of ether oxygens (including phenoxy) is 1. The number of aliphatic hydroxyl groups is 1. The van der Waals surface area contributed by atoms with E-state index >= 15 is 0 Å². The number of nitrogens with one attached hydrogen (secondary N) is 1. The van der Waals surface area contributed by atoms with Crippen molar-refractivity contribution < 1.29 is 29.3 Å². The standard InChI is InChI=1S/C10H18N2O6/c1-3-12(5-8(14)18-4-2)10(17)11-7(6-13)9(15)16/h7,13H,3-6H2,1-2H3,(H,11,17)(H,15,16)/t7-/m1/s1. The van der Waals surface area contributed by atoms with Crippen LogP contribution in [-0.4, -0.2) is 65.4 Å². The van der Waals surface area contributed by atoms with E-state index in [-0.39, 0.29) is 19.7 Å². The fourth-order valence-corrected chi connectivity index (χ4v) is 1.12. The zero-order valence-corrected chi connectivity index (χ0v) is 10.4. The highest BCUT2D eigenvalue weighted by molar-refractivity contribution is 5.85. The van der Waals surface area contributed by atoms with Gasteiger partial charge in [0.25, 0.3) is 0 Å². The summed E-state index contributed by atoms with van der Waals surface area (Å²) in [4.78, 5) is 34.5. The number of carbonyl (C=O) groups excluding carboxylic acids is 2. The molecule has 0 saturated carbocycles. The summed E-state index contributed by atoms with van der Waals surface area (Å²) in [5.41, 5.74) is 0. The van der Waals surface area contributed by atoms with E-state index in [2.05, 4.69) is 10.1 Å². The van der Waals surface area contributed by atoms with Crippen molar-refractivity contribution in [1.82, 2.24) is 10.2 Å². The van der Waals surface area contributed by atoms with Gasteiger partial charge in [0.1, 0.15) is 6.54 Å². The second kappa shape index (κ2) is 8.29. The Bertz CT molecular complexity index is 307. The van der Waals surface area contributed by atoms with Crippen molar-refractivity contribution >= 4 is 18.0 Å². The summed E-state index contributed by atoms with van der Waals surface area (Å²) in [5.74, 6) is -1.93. The van der Waals surface area contributed by atoms with Gasteiger partial charge >= 0.3 is 18.0 Å². The molecule has 18 heavy (non-hydrogen) atoms. The second-order valence-corrected chi connectivity index (χ2v) is 3.34. The Morgan fingerprint density at radius 2 is 1.94 bits per heavy atom. The van der Waals surface area contributed by atoms with Crippen LogP contribution in [0.15, 0.2) is 0 Å². The molecule has 2 amide bonds. The number of carboxylic acid groups (broad SMARTS) is 1. The van der Waals surface area contributed by atoms with Gasteiger partial charge in [-0.15, -0.1) is 0 Å². The summed E-state index contributed by atoms with van der Waals surface area (Å²) in [6.07, 6.45) is 0. The van der Waals surface area contributed by atoms with E-state index in [0.717, 1.165) is 4.90 Å². The van der Waals surface area contributed by atoms with Crippen LogP contribution in [0.4, 0.5) is 4.79 Å². The number of aliphatic carboxylic acids is 1. The van der Waals surface area contributed by atoms with Gasteiger partial charge in [0.05, 0.1) is 13.2 Å². The van der Waals surface area contributed by atoms with Gasteiger partial charge in [-0.1, -0.05) is 0 Å². The van der Waals surface area contributed by atoms with Crippen LogP contribution in [0.2, 0.25) is 0 Å². The van der Waals surface area contributed by atoms with E-state index in [4.69, 9.17) is 10.2 Å². The molecule has 8 heteroatoms. The van der Waals surface area contributed by atoms with Gasteiger partial charge in [-0.2, -0.15) is 0 Å². The highest BCUT2D eigenvalue weighted by atomic mass is 16.5. The van der Waals surface area contributed by atoms with E-state index in [9.17, 15) is 14.4 Å². The lowest BCUT2D eigenvalue weighted by Gasteiger charge is -2.22. The third-order valence-corrected chi connectivity index (χ3v) is 2.07. The van der Waals surface area contributed by atoms with E-state index in [1.165, 1.54) is 0 Å². The summed E-state index contributed by atoms with van der Waals surface area (Å²) in [6, 6.07) is -2.14. The van der Waals surface area contributed by atoms with Gasteiger partial charge in [0.15, 0.2) is 6.04 Å². The van der Waals surface area contributed by atoms with Crippen molar-refractivity contribution in [2.24, 2.45) is 0 Å². The molecular weight excluding hydrogens is 244 g/mol. The quantitative estimate of drug-likeness (QED) is 0.508. The molecule has 8 nitrogen and oxygen atoms in total. The highest BCUT2D eigenvalue weighted by Gasteiger charge is 2.23. The van der Waals surface area contributed by atoms with Crippen molar-refractivity contribution in [2.75, 3.05) is 26.3 Å². The van der Waals surface area contributed by atoms with E-state index in [0.29, 0.717) is 0 Å². The van der Waals surface area contributed by atoms with Crippen LogP contribution < -0.4 is 5.32 Å². The molecule has 0 aliphatic rings. The first-order chi connectivity index (χ1) is 8.46. The third-order valence-electron chi connectivity index (χ3n) is 2.07. The number of hydrogen-bond donors (Lipinski definition) is 3. The van der Waals surface area contributed by atoms with Crippen LogP contribution >= 0.6 is 0 Å². The normalized spacial score (nSPS) is 11.5. The molecule has 0 rings (SSSR count). The molecule has 0 fully saturated rings. The van der Waals surface area contributed by atoms with Crippen molar-refractivity contribution in [3.05, 3.63) is 0 Å². The van der Waals surface area contributed by atoms with E-state index in [1.54, 1.807) is 13.8 Å². The Morgan fingerprint density at radius 3 is 2.33 bits per heavy atom. The Balaban J connectivity index is 4.42. The number of likely N-dealkylation sites (N-methyl/N-ethyl adjacent to an activating group) is 1. The number of hydrogen-bond acceptors (Lipinski definition) is 5. The van der Waals surface area contributed by atoms with Gasteiger partial charge < -0.3 is 25.2 Å². The maximum absolute atomic E-state index is 11.6. The predicted octanol–water partition coefficient (Wildman–Crippen LogP) is -0.973. The van der Waals surface area contributed by atoms with Crippen molar-refractivity contribution in [1.29, 1.82) is 0 Å². The average Bonchev–Trinajstić information content (AvgIpc) is 2.32. The molecule has 0 aliphatic heterocycles. The minimum absolute atomic E-state index is 0.201. The van der Waals surface area contributed by atoms with Crippen LogP contribution in [-0.2, 0) is 14.3 Å². The molecule has 0 aliphatic carbocycles. The highest BCUT2D eigenvalue weighted by Crippen LogP contribution is 1.94. The van der Waals surface area contributed by atoms with Crippen LogP contribution in [0.5, 0.6) is 0 Å². The number of esters is 1. The van der Waals surface area contributed by atoms with Crippen molar-refractivity contribution in [3.63, 3.8) is 0 Å². The SMILES string of the molecule is CCOC(=O)CN(CC)C(=O)N[C@H](CO)C(=O)O. The summed E-state index contributed by atoms with van der Waals surface area (Å²) < 4.78 is 4.68. The average molecular weight is 262 g/mol. The summed E-state index contributed by atoms with van der Waals surface area (Å²) in [5, 5.41) is 19.5. The topological polar surface area (TPSA) is 116 Å². The smallest absolute Gasteiger partial charge is 0.328 e. The molecule has 104 valence electrons. The predicted molar refractivity (Wildman–Crippen MR) is 60.9 cm³/mol. The molecule has 0 unspecified atom stereocenters. The van der Waals surface area contributed by atoms with E-state index < -0.39 is 30.6 Å². The maximum Gasteiger partial charge on any atom is 0.328 e. The fourth-order valence-electron chi connectivity index (χ4n) is 1.12. The first kappa shape index (κ1) is 16.2. The van der Waals surface area contributed by atoms with Crippen molar-refractivity contribution in [3.8, 4) is 0 Å². The van der Waals surface area contributed by atoms with Crippen LogP contribution in [0, 0.1) is 0 Å². The zero-order chi connectivity index (χ0) is 14.1. The minimum Gasteiger partial charge on any atom is -0.480 e. The lowest BCUT2D eigenvalue weighted by atomic mass is 10.3. The van der Waals surface area contributed by atoms with Gasteiger partial charge in [-0.05, 0) is 13.8 Å². The van der Waals surface area contributed by atoms with Gasteiger partial charge in [-0.3, -0.25) is 4.79 Å². The molecule has 0 heterocycles. The minimum atomic E-state index is -1.39. The molecule has 0 aromatic carbocycles. The summed E-state index contributed by atoms with van der Waals surface area (Å²) in [7, 11) is 0. The Kier molecular flexibility index (Phi) is 7.45. The van der Waals surface area contributed by atoms with Crippen LogP contribution in [0.1, 0.15) is 13.8 Å². The number of nitrogens with zero attached hydrogens (tertiary/aromatic N) is 1. The fraction of sp³-hybridized carbons (Fsp3) is 0.700. The second-order valence-electron chi connectivity index (χ2n) is 3.34. The number of aliphatic hydroxyl groups excluding tert-OH is 1. The molecule has 0 saturated heterocycles. The molecule has 0 radical (unpaired) electrons. The Morgan fingerprint density at radius 1 is 1.33 bits per heavy atom. The third kappa shape index (κ3) is 5.48. The van der Waals surface area contributed by atoms with Crippen LogP contribution in [0.3, 0.4) is 0 Å². The van der Waals surface area contributed by atoms with Crippen LogP contribution in [0.25, 0.3) is 0 Å². The Hall–Kier alpha value is -1.83. The molecule has 1 atom stereocenters. The number of carbonyl (C=O) groups is 3. The molecule has 0 aromatic heterocycles. The summed E-state index contributed by atoms with van der Waals surface area (Å²) >= 11 is 0. The first-order valence-corrected chi connectivity index (χ1v) is 5.50. The first-order valence-electron chi connectivity index (χ1n) is 5.50. The van der Waals surface area contributed by atoms with E-state index in [1.807, 2.05) is 0 Å². The lowest BCUT2D eigenvalue weighted by molar-refractivity contribution is -0.143. The molecule has 0 spiro atoms. The number of carboxylic acids is 1. The molecule has 0 aromatic rings. The zero-order valence-electron chi connectivity index (χ0n) is 10.4. The number of rotatable bonds is 7. The molecule has 3 N–H and O–H groups in total. The largest absolute Gasteiger partial charge is 0.480 e. The van der Waals surface area contributed by atoms with Gasteiger partial charge in [0.2, 0.25) is 0 Å². The van der Waals surface area contributed by atoms with Crippen molar-refractivity contribution in [2.45, 2.75) is 19.9 Å². The molecular formula is C10H18N2O6. The van der Waals surface area contributed by atoms with Gasteiger partial charge in [0, 0.05) is 6.54 Å². The number of amides is 2. The number of urea groups is 1. The Labute approximate surface area is 105 Å².